The standard InChI is InChI=1S/C17H31N3S/c1-5-8-12-20(13(4)6-2)17-19-15-11-9-10-14(18-7-3)16(15)21-17/h13-14,18H,5-12H2,1-4H3. The summed E-state index contributed by atoms with van der Waals surface area (Å²) in [5.41, 5.74) is 1.36. The van der Waals surface area contributed by atoms with Crippen molar-refractivity contribution in [2.24, 2.45) is 0 Å². The molecule has 0 amide bonds. The van der Waals surface area contributed by atoms with Crippen LogP contribution >= 0.6 is 11.3 Å². The van der Waals surface area contributed by atoms with E-state index in [2.05, 4.69) is 37.9 Å². The number of aromatic nitrogens is 1. The molecule has 4 heteroatoms. The predicted molar refractivity (Wildman–Crippen MR) is 93.5 cm³/mol. The highest BCUT2D eigenvalue weighted by Gasteiger charge is 2.26. The van der Waals surface area contributed by atoms with Crippen molar-refractivity contribution in [3.63, 3.8) is 0 Å². The van der Waals surface area contributed by atoms with E-state index < -0.39 is 0 Å². The molecule has 1 aliphatic rings. The molecular weight excluding hydrogens is 278 g/mol. The van der Waals surface area contributed by atoms with Gasteiger partial charge < -0.3 is 10.2 Å². The van der Waals surface area contributed by atoms with E-state index >= 15 is 0 Å². The van der Waals surface area contributed by atoms with Crippen LogP contribution in [0.2, 0.25) is 0 Å². The van der Waals surface area contributed by atoms with Gasteiger partial charge >= 0.3 is 0 Å². The molecule has 1 N–H and O–H groups in total. The molecule has 0 fully saturated rings. The molecule has 2 atom stereocenters. The molecule has 1 heterocycles. The fourth-order valence-electron chi connectivity index (χ4n) is 3.02. The van der Waals surface area contributed by atoms with Gasteiger partial charge in [0, 0.05) is 23.5 Å². The third kappa shape index (κ3) is 3.98. The summed E-state index contributed by atoms with van der Waals surface area (Å²) in [4.78, 5) is 9.05. The fraction of sp³-hybridized carbons (Fsp3) is 0.824. The molecule has 2 unspecified atom stereocenters. The molecule has 21 heavy (non-hydrogen) atoms. The first-order valence-electron chi connectivity index (χ1n) is 8.70. The Morgan fingerprint density at radius 3 is 2.86 bits per heavy atom. The number of unbranched alkanes of at least 4 members (excludes halogenated alkanes) is 1. The summed E-state index contributed by atoms with van der Waals surface area (Å²) in [5, 5.41) is 4.89. The summed E-state index contributed by atoms with van der Waals surface area (Å²) in [5.74, 6) is 0. The summed E-state index contributed by atoms with van der Waals surface area (Å²) in [6.45, 7) is 11.3. The van der Waals surface area contributed by atoms with E-state index in [1.54, 1.807) is 0 Å². The molecule has 1 aromatic heterocycles. The molecule has 0 aromatic carbocycles. The molecule has 2 rings (SSSR count). The molecule has 0 saturated carbocycles. The van der Waals surface area contributed by atoms with Crippen molar-refractivity contribution >= 4 is 16.5 Å². The number of thiazole rings is 1. The summed E-state index contributed by atoms with van der Waals surface area (Å²) in [6, 6.07) is 1.12. The topological polar surface area (TPSA) is 28.2 Å². The zero-order valence-electron chi connectivity index (χ0n) is 14.1. The van der Waals surface area contributed by atoms with Crippen LogP contribution in [-0.4, -0.2) is 24.1 Å². The van der Waals surface area contributed by atoms with E-state index in [0.29, 0.717) is 12.1 Å². The van der Waals surface area contributed by atoms with Crippen LogP contribution < -0.4 is 10.2 Å². The Balaban J connectivity index is 2.21. The van der Waals surface area contributed by atoms with Gasteiger partial charge in [0.25, 0.3) is 0 Å². The average Bonchev–Trinajstić information content (AvgIpc) is 2.92. The lowest BCUT2D eigenvalue weighted by Gasteiger charge is -2.28. The van der Waals surface area contributed by atoms with Crippen LogP contribution in [0.25, 0.3) is 0 Å². The molecular formula is C17H31N3S. The van der Waals surface area contributed by atoms with Gasteiger partial charge in [-0.15, -0.1) is 0 Å². The monoisotopic (exact) mass is 309 g/mol. The van der Waals surface area contributed by atoms with Gasteiger partial charge in [-0.1, -0.05) is 38.5 Å². The Bertz CT molecular complexity index is 430. The largest absolute Gasteiger partial charge is 0.345 e. The summed E-state index contributed by atoms with van der Waals surface area (Å²) >= 11 is 1.94. The molecule has 0 saturated heterocycles. The lowest BCUT2D eigenvalue weighted by molar-refractivity contribution is 0.476. The summed E-state index contributed by atoms with van der Waals surface area (Å²) < 4.78 is 0. The number of nitrogens with one attached hydrogen (secondary N) is 1. The number of hydrogen-bond donors (Lipinski definition) is 1. The van der Waals surface area contributed by atoms with Crippen LogP contribution in [0.5, 0.6) is 0 Å². The number of aryl methyl sites for hydroxylation is 1. The maximum absolute atomic E-state index is 5.01. The molecule has 0 radical (unpaired) electrons. The van der Waals surface area contributed by atoms with Gasteiger partial charge in [0.15, 0.2) is 5.13 Å². The van der Waals surface area contributed by atoms with Gasteiger partial charge in [-0.2, -0.15) is 0 Å². The molecule has 0 aliphatic heterocycles. The quantitative estimate of drug-likeness (QED) is 0.764. The van der Waals surface area contributed by atoms with E-state index in [0.717, 1.165) is 19.5 Å². The molecule has 120 valence electrons. The van der Waals surface area contributed by atoms with Crippen molar-refractivity contribution < 1.29 is 0 Å². The van der Waals surface area contributed by atoms with Gasteiger partial charge in [-0.05, 0) is 45.6 Å². The molecule has 0 spiro atoms. The van der Waals surface area contributed by atoms with Crippen LogP contribution in [0.3, 0.4) is 0 Å². The molecule has 3 nitrogen and oxygen atoms in total. The molecule has 1 aromatic rings. The lowest BCUT2D eigenvalue weighted by Crippen LogP contribution is -2.33. The first-order valence-corrected chi connectivity index (χ1v) is 9.52. The van der Waals surface area contributed by atoms with E-state index in [4.69, 9.17) is 4.98 Å². The average molecular weight is 310 g/mol. The van der Waals surface area contributed by atoms with E-state index in [1.165, 1.54) is 47.8 Å². The zero-order chi connectivity index (χ0) is 15.2. The van der Waals surface area contributed by atoms with Crippen molar-refractivity contribution in [1.82, 2.24) is 10.3 Å². The third-order valence-corrected chi connectivity index (χ3v) is 5.76. The number of hydrogen-bond acceptors (Lipinski definition) is 4. The van der Waals surface area contributed by atoms with Crippen LogP contribution in [-0.2, 0) is 6.42 Å². The Kier molecular flexibility index (Phi) is 6.49. The summed E-state index contributed by atoms with van der Waals surface area (Å²) in [7, 11) is 0. The van der Waals surface area contributed by atoms with Crippen molar-refractivity contribution in [1.29, 1.82) is 0 Å². The Hall–Kier alpha value is -0.610. The van der Waals surface area contributed by atoms with Gasteiger partial charge in [0.2, 0.25) is 0 Å². The highest BCUT2D eigenvalue weighted by Crippen LogP contribution is 2.38. The van der Waals surface area contributed by atoms with E-state index in [-0.39, 0.29) is 0 Å². The Morgan fingerprint density at radius 1 is 1.38 bits per heavy atom. The van der Waals surface area contributed by atoms with Crippen molar-refractivity contribution in [2.45, 2.75) is 78.3 Å². The fourth-order valence-corrected chi connectivity index (χ4v) is 4.37. The second-order valence-corrected chi connectivity index (χ2v) is 7.12. The van der Waals surface area contributed by atoms with Crippen molar-refractivity contribution in [3.8, 4) is 0 Å². The predicted octanol–water partition coefficient (Wildman–Crippen LogP) is 4.54. The Labute approximate surface area is 134 Å². The normalized spacial score (nSPS) is 19.3. The molecule has 1 aliphatic carbocycles. The van der Waals surface area contributed by atoms with Gasteiger partial charge in [0.05, 0.1) is 5.69 Å². The second kappa shape index (κ2) is 8.14. The van der Waals surface area contributed by atoms with E-state index in [9.17, 15) is 0 Å². The minimum absolute atomic E-state index is 0.537. The third-order valence-electron chi connectivity index (χ3n) is 4.51. The van der Waals surface area contributed by atoms with Crippen molar-refractivity contribution in [2.75, 3.05) is 18.0 Å². The van der Waals surface area contributed by atoms with Crippen LogP contribution in [0.15, 0.2) is 0 Å². The van der Waals surface area contributed by atoms with Crippen LogP contribution in [0.1, 0.15) is 76.4 Å². The molecule has 0 bridgehead atoms. The highest BCUT2D eigenvalue weighted by molar-refractivity contribution is 7.15. The zero-order valence-corrected chi connectivity index (χ0v) is 14.9. The van der Waals surface area contributed by atoms with Gasteiger partial charge in [-0.25, -0.2) is 4.98 Å². The maximum Gasteiger partial charge on any atom is 0.186 e. The van der Waals surface area contributed by atoms with Crippen molar-refractivity contribution in [3.05, 3.63) is 10.6 Å². The minimum atomic E-state index is 0.537. The number of nitrogens with zero attached hydrogens (tertiary/aromatic N) is 2. The van der Waals surface area contributed by atoms with Gasteiger partial charge in [-0.3, -0.25) is 0 Å². The maximum atomic E-state index is 5.01. The number of rotatable bonds is 8. The second-order valence-electron chi connectivity index (χ2n) is 6.11. The lowest BCUT2D eigenvalue weighted by atomic mass is 9.98. The number of fused-ring (bicyclic) bond motifs is 1. The first kappa shape index (κ1) is 16.8. The highest BCUT2D eigenvalue weighted by atomic mass is 32.1. The number of anilines is 1. The van der Waals surface area contributed by atoms with E-state index in [1.807, 2.05) is 11.3 Å². The smallest absolute Gasteiger partial charge is 0.186 e. The van der Waals surface area contributed by atoms with Crippen LogP contribution in [0, 0.1) is 0 Å². The Morgan fingerprint density at radius 2 is 2.19 bits per heavy atom. The van der Waals surface area contributed by atoms with Gasteiger partial charge in [0.1, 0.15) is 0 Å². The first-order chi connectivity index (χ1) is 10.2. The SMILES string of the molecule is CCCCN(c1nc2c(s1)C(NCC)CCC2)C(C)CC. The van der Waals surface area contributed by atoms with Crippen LogP contribution in [0.4, 0.5) is 5.13 Å². The summed E-state index contributed by atoms with van der Waals surface area (Å²) in [6.07, 6.45) is 7.39. The minimum Gasteiger partial charge on any atom is -0.345 e.